The van der Waals surface area contributed by atoms with Crippen molar-refractivity contribution in [1.82, 2.24) is 9.88 Å². The summed E-state index contributed by atoms with van der Waals surface area (Å²) in [4.78, 5) is 20.1. The van der Waals surface area contributed by atoms with Gasteiger partial charge in [0.2, 0.25) is 0 Å². The Morgan fingerprint density at radius 1 is 0.885 bits per heavy atom. The Balaban J connectivity index is 1.61. The molecule has 2 aromatic carbocycles. The fraction of sp³-hybridized carbons (Fsp3) is 0.182. The molecule has 0 aliphatic heterocycles. The third kappa shape index (κ3) is 5.46. The summed E-state index contributed by atoms with van der Waals surface area (Å²) < 4.78 is 0. The zero-order chi connectivity index (χ0) is 18.0. The lowest BCUT2D eigenvalue weighted by Crippen LogP contribution is -2.31. The van der Waals surface area contributed by atoms with E-state index in [-0.39, 0.29) is 5.91 Å². The zero-order valence-electron chi connectivity index (χ0n) is 14.6. The smallest absolute Gasteiger partial charge is 0.254 e. The molecule has 26 heavy (non-hydrogen) atoms. The molecule has 1 heterocycles. The number of carbonyl (C=O) groups is 1. The molecule has 0 aliphatic carbocycles. The molecule has 3 rings (SSSR count). The van der Waals surface area contributed by atoms with E-state index >= 15 is 0 Å². The Hall–Kier alpha value is -2.59. The standard InChI is InChI=1S/C22H22N2OS/c25-22(20-10-5-2-6-11-20)24(18-19-8-3-1-4-9-19)16-7-17-26-21-12-14-23-15-13-21/h1-6,8-15H,7,16-18H2. The maximum Gasteiger partial charge on any atom is 0.254 e. The zero-order valence-corrected chi connectivity index (χ0v) is 15.4. The number of rotatable bonds is 8. The Labute approximate surface area is 159 Å². The lowest BCUT2D eigenvalue weighted by Gasteiger charge is -2.23. The van der Waals surface area contributed by atoms with E-state index in [0.29, 0.717) is 6.54 Å². The number of hydrogen-bond acceptors (Lipinski definition) is 3. The molecule has 0 aliphatic rings. The number of aromatic nitrogens is 1. The largest absolute Gasteiger partial charge is 0.334 e. The summed E-state index contributed by atoms with van der Waals surface area (Å²) >= 11 is 1.80. The number of carbonyl (C=O) groups excluding carboxylic acids is 1. The monoisotopic (exact) mass is 362 g/mol. The third-order valence-corrected chi connectivity index (χ3v) is 5.11. The van der Waals surface area contributed by atoms with Gasteiger partial charge in [0.15, 0.2) is 0 Å². The second-order valence-electron chi connectivity index (χ2n) is 5.96. The van der Waals surface area contributed by atoms with Gasteiger partial charge >= 0.3 is 0 Å². The highest BCUT2D eigenvalue weighted by Crippen LogP contribution is 2.18. The lowest BCUT2D eigenvalue weighted by molar-refractivity contribution is 0.0743. The van der Waals surface area contributed by atoms with Crippen molar-refractivity contribution in [3.63, 3.8) is 0 Å². The molecule has 0 saturated carbocycles. The molecule has 3 aromatic rings. The lowest BCUT2D eigenvalue weighted by atomic mass is 10.1. The van der Waals surface area contributed by atoms with Crippen LogP contribution in [0.3, 0.4) is 0 Å². The van der Waals surface area contributed by atoms with Crippen LogP contribution in [0.15, 0.2) is 90.1 Å². The molecule has 4 heteroatoms. The molecule has 0 atom stereocenters. The normalized spacial score (nSPS) is 10.5. The Morgan fingerprint density at radius 2 is 1.54 bits per heavy atom. The van der Waals surface area contributed by atoms with Crippen molar-refractivity contribution in [3.05, 3.63) is 96.3 Å². The fourth-order valence-electron chi connectivity index (χ4n) is 2.70. The number of benzene rings is 2. The highest BCUT2D eigenvalue weighted by atomic mass is 32.2. The first-order valence-electron chi connectivity index (χ1n) is 8.74. The molecule has 0 N–H and O–H groups in total. The SMILES string of the molecule is O=C(c1ccccc1)N(CCCSc1ccncc1)Cc1ccccc1. The van der Waals surface area contributed by atoms with Crippen molar-refractivity contribution < 1.29 is 4.79 Å². The van der Waals surface area contributed by atoms with Crippen molar-refractivity contribution in [2.45, 2.75) is 17.9 Å². The van der Waals surface area contributed by atoms with E-state index in [0.717, 1.165) is 29.8 Å². The average molecular weight is 362 g/mol. The summed E-state index contributed by atoms with van der Waals surface area (Å²) in [7, 11) is 0. The molecule has 0 unspecified atom stereocenters. The van der Waals surface area contributed by atoms with Crippen molar-refractivity contribution in [3.8, 4) is 0 Å². The molecule has 0 bridgehead atoms. The molecule has 3 nitrogen and oxygen atoms in total. The van der Waals surface area contributed by atoms with Crippen molar-refractivity contribution in [2.24, 2.45) is 0 Å². The van der Waals surface area contributed by atoms with Gasteiger partial charge in [-0.25, -0.2) is 0 Å². The molecule has 0 fully saturated rings. The second kappa shape index (κ2) is 9.78. The van der Waals surface area contributed by atoms with E-state index in [4.69, 9.17) is 0 Å². The number of amides is 1. The van der Waals surface area contributed by atoms with Gasteiger partial charge in [-0.15, -0.1) is 11.8 Å². The summed E-state index contributed by atoms with van der Waals surface area (Å²) in [5, 5.41) is 0. The quantitative estimate of drug-likeness (QED) is 0.422. The van der Waals surface area contributed by atoms with Crippen LogP contribution in [0.1, 0.15) is 22.3 Å². The maximum absolute atomic E-state index is 12.9. The van der Waals surface area contributed by atoms with Crippen LogP contribution in [0.4, 0.5) is 0 Å². The highest BCUT2D eigenvalue weighted by Gasteiger charge is 2.15. The molecule has 0 spiro atoms. The first-order chi connectivity index (χ1) is 12.8. The van der Waals surface area contributed by atoms with E-state index in [9.17, 15) is 4.79 Å². The van der Waals surface area contributed by atoms with Gasteiger partial charge in [0.1, 0.15) is 0 Å². The summed E-state index contributed by atoms with van der Waals surface area (Å²) in [6, 6.07) is 23.7. The Bertz CT molecular complexity index is 794. The van der Waals surface area contributed by atoms with Gasteiger partial charge in [-0.05, 0) is 42.0 Å². The number of nitrogens with zero attached hydrogens (tertiary/aromatic N) is 2. The van der Waals surface area contributed by atoms with E-state index in [2.05, 4.69) is 17.1 Å². The molecule has 0 radical (unpaired) electrons. The van der Waals surface area contributed by atoms with Gasteiger partial charge < -0.3 is 4.90 Å². The van der Waals surface area contributed by atoms with E-state index < -0.39 is 0 Å². The van der Waals surface area contributed by atoms with Gasteiger partial charge in [-0.3, -0.25) is 9.78 Å². The van der Waals surface area contributed by atoms with E-state index in [1.54, 1.807) is 11.8 Å². The van der Waals surface area contributed by atoms with Crippen molar-refractivity contribution in [1.29, 1.82) is 0 Å². The minimum atomic E-state index is 0.0864. The van der Waals surface area contributed by atoms with Gasteiger partial charge in [0, 0.05) is 35.9 Å². The highest BCUT2D eigenvalue weighted by molar-refractivity contribution is 7.99. The predicted molar refractivity (Wildman–Crippen MR) is 107 cm³/mol. The minimum absolute atomic E-state index is 0.0864. The summed E-state index contributed by atoms with van der Waals surface area (Å²) in [6.45, 7) is 1.37. The summed E-state index contributed by atoms with van der Waals surface area (Å²) in [5.41, 5.74) is 1.89. The summed E-state index contributed by atoms with van der Waals surface area (Å²) in [5.74, 6) is 1.06. The molecule has 132 valence electrons. The average Bonchev–Trinajstić information content (AvgIpc) is 2.72. The molecule has 1 amide bonds. The molecular weight excluding hydrogens is 340 g/mol. The Morgan fingerprint density at radius 3 is 2.23 bits per heavy atom. The van der Waals surface area contributed by atoms with Crippen LogP contribution in [-0.2, 0) is 6.54 Å². The Kier molecular flexibility index (Phi) is 6.85. The summed E-state index contributed by atoms with van der Waals surface area (Å²) in [6.07, 6.45) is 4.56. The van der Waals surface area contributed by atoms with Gasteiger partial charge in [-0.2, -0.15) is 0 Å². The van der Waals surface area contributed by atoms with Crippen LogP contribution in [0.5, 0.6) is 0 Å². The fourth-order valence-corrected chi connectivity index (χ4v) is 3.52. The van der Waals surface area contributed by atoms with Gasteiger partial charge in [-0.1, -0.05) is 48.5 Å². The minimum Gasteiger partial charge on any atom is -0.334 e. The van der Waals surface area contributed by atoms with Crippen LogP contribution in [0.2, 0.25) is 0 Å². The van der Waals surface area contributed by atoms with Gasteiger partial charge in [0.25, 0.3) is 5.91 Å². The predicted octanol–water partition coefficient (Wildman–Crippen LogP) is 4.91. The third-order valence-electron chi connectivity index (χ3n) is 4.02. The molecule has 1 aromatic heterocycles. The number of pyridine rings is 1. The van der Waals surface area contributed by atoms with Crippen LogP contribution >= 0.6 is 11.8 Å². The van der Waals surface area contributed by atoms with E-state index in [1.165, 1.54) is 4.90 Å². The van der Waals surface area contributed by atoms with Crippen LogP contribution in [0.25, 0.3) is 0 Å². The topological polar surface area (TPSA) is 33.2 Å². The maximum atomic E-state index is 12.9. The first kappa shape index (κ1) is 18.2. The van der Waals surface area contributed by atoms with Crippen LogP contribution in [-0.4, -0.2) is 28.1 Å². The van der Waals surface area contributed by atoms with Crippen molar-refractivity contribution in [2.75, 3.05) is 12.3 Å². The van der Waals surface area contributed by atoms with Crippen molar-refractivity contribution >= 4 is 17.7 Å². The van der Waals surface area contributed by atoms with E-state index in [1.807, 2.05) is 78.0 Å². The second-order valence-corrected chi connectivity index (χ2v) is 7.13. The first-order valence-corrected chi connectivity index (χ1v) is 9.72. The van der Waals surface area contributed by atoms with Crippen LogP contribution < -0.4 is 0 Å². The molecular formula is C22H22N2OS. The molecule has 0 saturated heterocycles. The number of thioether (sulfide) groups is 1. The van der Waals surface area contributed by atoms with Gasteiger partial charge in [0.05, 0.1) is 0 Å². The van der Waals surface area contributed by atoms with Crippen LogP contribution in [0, 0.1) is 0 Å². The number of hydrogen-bond donors (Lipinski definition) is 0.